The third-order valence-electron chi connectivity index (χ3n) is 9.65. The molecule has 6 rings (SSSR count). The van der Waals surface area contributed by atoms with Gasteiger partial charge in [0, 0.05) is 80.2 Å². The van der Waals surface area contributed by atoms with Crippen molar-refractivity contribution >= 4 is 22.7 Å². The van der Waals surface area contributed by atoms with E-state index in [-0.39, 0.29) is 41.7 Å². The van der Waals surface area contributed by atoms with Gasteiger partial charge in [-0.05, 0) is 36.1 Å². The standard InChI is InChI=1S/C31H39FN4O4/c1-19-5-4-6-21(28(19)32)14-36-18-31(9-11-34(12-10-31)30(39)22-15-35(16-22)20(2)38)27-24-8-7-23(40-3)13-25(24)33-29(27)26(36)17-37/h4-8,13,19,22,26,28,33,37H,9-12,14-18H2,1-3H3. The predicted octanol–water partition coefficient (Wildman–Crippen LogP) is 3.33. The van der Waals surface area contributed by atoms with Gasteiger partial charge in [-0.3, -0.25) is 14.5 Å². The Balaban J connectivity index is 1.32. The summed E-state index contributed by atoms with van der Waals surface area (Å²) in [6, 6.07) is 5.75. The highest BCUT2D eigenvalue weighted by Crippen LogP contribution is 2.49. The highest BCUT2D eigenvalue weighted by Gasteiger charge is 2.49. The molecular formula is C31H39FN4O4. The molecule has 2 N–H and O–H groups in total. The number of halogens is 1. The van der Waals surface area contributed by atoms with Gasteiger partial charge in [0.25, 0.3) is 0 Å². The number of likely N-dealkylation sites (tertiary alicyclic amines) is 2. The lowest BCUT2D eigenvalue weighted by Gasteiger charge is -2.51. The fraction of sp³-hybridized carbons (Fsp3) is 0.548. The number of amides is 2. The average Bonchev–Trinajstić information content (AvgIpc) is 3.30. The zero-order valence-electron chi connectivity index (χ0n) is 23.5. The molecule has 2 fully saturated rings. The quantitative estimate of drug-likeness (QED) is 0.596. The van der Waals surface area contributed by atoms with Gasteiger partial charge >= 0.3 is 0 Å². The molecule has 1 spiro atoms. The number of hydrogen-bond donors (Lipinski definition) is 2. The summed E-state index contributed by atoms with van der Waals surface area (Å²) < 4.78 is 20.7. The maximum absolute atomic E-state index is 15.2. The van der Waals surface area contributed by atoms with E-state index in [1.165, 1.54) is 5.56 Å². The average molecular weight is 551 g/mol. The van der Waals surface area contributed by atoms with Crippen molar-refractivity contribution in [1.82, 2.24) is 19.7 Å². The molecule has 40 heavy (non-hydrogen) atoms. The van der Waals surface area contributed by atoms with Gasteiger partial charge in [-0.15, -0.1) is 0 Å². The molecule has 1 aromatic carbocycles. The van der Waals surface area contributed by atoms with Crippen LogP contribution in [-0.4, -0.2) is 95.8 Å². The first-order valence-electron chi connectivity index (χ1n) is 14.4. The van der Waals surface area contributed by atoms with Crippen molar-refractivity contribution in [3.8, 4) is 5.75 Å². The molecule has 8 nitrogen and oxygen atoms in total. The van der Waals surface area contributed by atoms with Gasteiger partial charge in [0.05, 0.1) is 25.7 Å². The minimum absolute atomic E-state index is 0.0133. The number of hydrogen-bond acceptors (Lipinski definition) is 5. The number of alkyl halides is 1. The molecule has 0 saturated carbocycles. The molecule has 0 radical (unpaired) electrons. The zero-order chi connectivity index (χ0) is 28.2. The molecule has 9 heteroatoms. The first-order valence-corrected chi connectivity index (χ1v) is 14.4. The number of fused-ring (bicyclic) bond motifs is 4. The van der Waals surface area contributed by atoms with Crippen molar-refractivity contribution in [2.45, 2.75) is 44.3 Å². The van der Waals surface area contributed by atoms with Gasteiger partial charge in [0.2, 0.25) is 11.8 Å². The number of piperidine rings is 1. The monoisotopic (exact) mass is 550 g/mol. The second-order valence-electron chi connectivity index (χ2n) is 12.0. The number of nitrogens with zero attached hydrogens (tertiary/aromatic N) is 3. The number of ether oxygens (including phenoxy) is 1. The van der Waals surface area contributed by atoms with Crippen LogP contribution in [0.4, 0.5) is 4.39 Å². The maximum atomic E-state index is 15.2. The van der Waals surface area contributed by atoms with Gasteiger partial charge in [-0.25, -0.2) is 4.39 Å². The second kappa shape index (κ2) is 10.3. The molecule has 1 aliphatic carbocycles. The van der Waals surface area contributed by atoms with Crippen molar-refractivity contribution in [2.75, 3.05) is 53.0 Å². The van der Waals surface area contributed by atoms with Crippen LogP contribution in [0.1, 0.15) is 44.0 Å². The van der Waals surface area contributed by atoms with E-state index in [0.29, 0.717) is 39.3 Å². The van der Waals surface area contributed by atoms with Crippen molar-refractivity contribution < 1.29 is 23.8 Å². The number of rotatable bonds is 5. The Labute approximate surface area is 234 Å². The number of methoxy groups -OCH3 is 1. The van der Waals surface area contributed by atoms with Crippen LogP contribution in [0.3, 0.4) is 0 Å². The third kappa shape index (κ3) is 4.43. The Hall–Kier alpha value is -3.17. The summed E-state index contributed by atoms with van der Waals surface area (Å²) in [7, 11) is 1.65. The van der Waals surface area contributed by atoms with Crippen LogP contribution in [0.5, 0.6) is 5.75 Å². The highest BCUT2D eigenvalue weighted by molar-refractivity contribution is 5.88. The molecule has 2 amide bonds. The lowest BCUT2D eigenvalue weighted by atomic mass is 9.68. The summed E-state index contributed by atoms with van der Waals surface area (Å²) in [6.07, 6.45) is 6.20. The van der Waals surface area contributed by atoms with Gasteiger partial charge < -0.3 is 24.6 Å². The van der Waals surface area contributed by atoms with E-state index in [4.69, 9.17) is 4.74 Å². The molecule has 2 saturated heterocycles. The topological polar surface area (TPSA) is 89.1 Å². The summed E-state index contributed by atoms with van der Waals surface area (Å²) in [5.41, 5.74) is 3.62. The highest BCUT2D eigenvalue weighted by atomic mass is 19.1. The lowest BCUT2D eigenvalue weighted by molar-refractivity contribution is -0.148. The summed E-state index contributed by atoms with van der Waals surface area (Å²) in [6.45, 7) is 6.73. The molecular weight excluding hydrogens is 511 g/mol. The van der Waals surface area contributed by atoms with Crippen molar-refractivity contribution in [2.24, 2.45) is 11.8 Å². The Morgan fingerprint density at radius 3 is 2.62 bits per heavy atom. The minimum atomic E-state index is -1.05. The summed E-state index contributed by atoms with van der Waals surface area (Å²) in [5, 5.41) is 11.8. The molecule has 3 aliphatic heterocycles. The fourth-order valence-electron chi connectivity index (χ4n) is 7.25. The summed E-state index contributed by atoms with van der Waals surface area (Å²) >= 11 is 0. The molecule has 3 atom stereocenters. The number of aliphatic hydroxyl groups is 1. The zero-order valence-corrected chi connectivity index (χ0v) is 23.5. The van der Waals surface area contributed by atoms with E-state index in [9.17, 15) is 14.7 Å². The van der Waals surface area contributed by atoms with Gasteiger partial charge in [0.15, 0.2) is 0 Å². The van der Waals surface area contributed by atoms with E-state index in [1.807, 2.05) is 42.2 Å². The van der Waals surface area contributed by atoms with Crippen molar-refractivity contribution in [3.63, 3.8) is 0 Å². The van der Waals surface area contributed by atoms with E-state index >= 15 is 4.39 Å². The molecule has 4 aliphatic rings. The smallest absolute Gasteiger partial charge is 0.229 e. The first-order chi connectivity index (χ1) is 19.2. The predicted molar refractivity (Wildman–Crippen MR) is 151 cm³/mol. The largest absolute Gasteiger partial charge is 0.497 e. The van der Waals surface area contributed by atoms with Crippen molar-refractivity contribution in [1.29, 1.82) is 0 Å². The fourth-order valence-corrected chi connectivity index (χ4v) is 7.25. The number of allylic oxidation sites excluding steroid dienone is 3. The second-order valence-corrected chi connectivity index (χ2v) is 12.0. The number of nitrogens with one attached hydrogen (secondary N) is 1. The van der Waals surface area contributed by atoms with Crippen LogP contribution in [-0.2, 0) is 15.0 Å². The first kappa shape index (κ1) is 27.0. The molecule has 1 aromatic heterocycles. The number of carbonyl (C=O) groups is 2. The SMILES string of the molecule is COc1ccc2c3c([nH]c2c1)C(CO)N(CC1=CC=CC(C)C1F)CC31CCN(C(=O)C2CN(C(C)=O)C2)CC1. The number of benzene rings is 1. The molecule has 4 heterocycles. The minimum Gasteiger partial charge on any atom is -0.497 e. The lowest BCUT2D eigenvalue weighted by Crippen LogP contribution is -2.59. The van der Waals surface area contributed by atoms with Crippen LogP contribution in [0.15, 0.2) is 42.0 Å². The molecule has 2 aromatic rings. The van der Waals surface area contributed by atoms with Crippen LogP contribution in [0.25, 0.3) is 10.9 Å². The Bertz CT molecular complexity index is 1370. The van der Waals surface area contributed by atoms with Crippen LogP contribution >= 0.6 is 0 Å². The molecule has 214 valence electrons. The third-order valence-corrected chi connectivity index (χ3v) is 9.65. The Morgan fingerprint density at radius 1 is 1.20 bits per heavy atom. The van der Waals surface area contributed by atoms with Gasteiger partial charge in [0.1, 0.15) is 11.9 Å². The Kier molecular flexibility index (Phi) is 6.99. The molecule has 0 bridgehead atoms. The van der Waals surface area contributed by atoms with E-state index in [0.717, 1.165) is 40.8 Å². The number of H-pyrrole nitrogens is 1. The number of aliphatic hydroxyl groups excluding tert-OH is 1. The number of aromatic amines is 1. The number of aromatic nitrogens is 1. The maximum Gasteiger partial charge on any atom is 0.229 e. The van der Waals surface area contributed by atoms with Crippen molar-refractivity contribution in [3.05, 3.63) is 53.3 Å². The molecule has 3 unspecified atom stereocenters. The van der Waals surface area contributed by atoms with Crippen LogP contribution in [0, 0.1) is 11.8 Å². The van der Waals surface area contributed by atoms with Crippen LogP contribution < -0.4 is 4.74 Å². The van der Waals surface area contributed by atoms with Crippen LogP contribution in [0.2, 0.25) is 0 Å². The van der Waals surface area contributed by atoms with E-state index in [2.05, 4.69) is 16.0 Å². The van der Waals surface area contributed by atoms with Gasteiger partial charge in [-0.2, -0.15) is 0 Å². The Morgan fingerprint density at radius 2 is 1.95 bits per heavy atom. The van der Waals surface area contributed by atoms with Gasteiger partial charge in [-0.1, -0.05) is 25.2 Å². The summed E-state index contributed by atoms with van der Waals surface area (Å²) in [4.78, 5) is 34.4. The van der Waals surface area contributed by atoms with E-state index < -0.39 is 6.17 Å². The summed E-state index contributed by atoms with van der Waals surface area (Å²) in [5.74, 6) is 0.601. The number of carbonyl (C=O) groups excluding carboxylic acids is 2. The van der Waals surface area contributed by atoms with E-state index in [1.54, 1.807) is 18.9 Å². The normalized spacial score (nSPS) is 26.5.